The molecule has 2 aromatic heterocycles. The van der Waals surface area contributed by atoms with E-state index in [2.05, 4.69) is 10.1 Å². The van der Waals surface area contributed by atoms with E-state index in [1.54, 1.807) is 30.5 Å². The van der Waals surface area contributed by atoms with Crippen LogP contribution in [0.25, 0.3) is 10.8 Å². The normalized spacial score (nSPS) is 16.0. The maximum Gasteiger partial charge on any atom is 0.275 e. The number of ether oxygens (including phenoxy) is 1. The maximum absolute atomic E-state index is 13.3. The van der Waals surface area contributed by atoms with Crippen molar-refractivity contribution in [1.82, 2.24) is 19.7 Å². The first-order valence-electron chi connectivity index (χ1n) is 11.4. The highest BCUT2D eigenvalue weighted by Gasteiger charge is 2.32. The lowest BCUT2D eigenvalue weighted by molar-refractivity contribution is -0.136. The number of amides is 1. The largest absolute Gasteiger partial charge is 0.496 e. The molecular formula is C26H26N4O4. The number of benzene rings is 2. The number of likely N-dealkylation sites (tertiary alicyclic amines) is 1. The number of carbonyl (C=O) groups excluding carboxylic acids is 1. The van der Waals surface area contributed by atoms with Crippen molar-refractivity contribution in [3.63, 3.8) is 0 Å². The lowest BCUT2D eigenvalue weighted by Crippen LogP contribution is -2.42. The fourth-order valence-corrected chi connectivity index (χ4v) is 4.54. The Hall–Kier alpha value is -3.94. The smallest absolute Gasteiger partial charge is 0.275 e. The van der Waals surface area contributed by atoms with Gasteiger partial charge in [0.1, 0.15) is 24.1 Å². The van der Waals surface area contributed by atoms with Gasteiger partial charge in [0.2, 0.25) is 11.8 Å². The number of fused-ring (bicyclic) bond motifs is 1. The van der Waals surface area contributed by atoms with Crippen LogP contribution in [-0.2, 0) is 17.8 Å². The van der Waals surface area contributed by atoms with Crippen LogP contribution in [0.3, 0.4) is 0 Å². The van der Waals surface area contributed by atoms with Gasteiger partial charge in [-0.25, -0.2) is 9.67 Å². The third-order valence-corrected chi connectivity index (χ3v) is 6.28. The summed E-state index contributed by atoms with van der Waals surface area (Å²) < 4.78 is 12.8. The number of hydrogen-bond acceptors (Lipinski definition) is 6. The second-order valence-corrected chi connectivity index (χ2v) is 8.45. The predicted octanol–water partition coefficient (Wildman–Crippen LogP) is 3.74. The quantitative estimate of drug-likeness (QED) is 0.437. The molecule has 0 saturated carbocycles. The van der Waals surface area contributed by atoms with Crippen molar-refractivity contribution in [2.24, 2.45) is 0 Å². The highest BCUT2D eigenvalue weighted by molar-refractivity contribution is 5.81. The van der Waals surface area contributed by atoms with Crippen LogP contribution in [0.15, 0.2) is 70.1 Å². The van der Waals surface area contributed by atoms with Crippen molar-refractivity contribution in [1.29, 1.82) is 0 Å². The molecule has 8 heteroatoms. The minimum absolute atomic E-state index is 0.116. The van der Waals surface area contributed by atoms with Gasteiger partial charge in [-0.05, 0) is 31.4 Å². The molecule has 1 fully saturated rings. The summed E-state index contributed by atoms with van der Waals surface area (Å²) in [5.41, 5.74) is 0.737. The van der Waals surface area contributed by atoms with Crippen molar-refractivity contribution < 1.29 is 13.9 Å². The maximum atomic E-state index is 13.3. The molecule has 0 bridgehead atoms. The molecule has 1 aliphatic heterocycles. The second kappa shape index (κ2) is 9.51. The number of nitrogens with zero attached hydrogens (tertiary/aromatic N) is 4. The average molecular weight is 459 g/mol. The van der Waals surface area contributed by atoms with Crippen molar-refractivity contribution in [3.8, 4) is 5.75 Å². The summed E-state index contributed by atoms with van der Waals surface area (Å²) in [6.07, 6.45) is 6.53. The van der Waals surface area contributed by atoms with Gasteiger partial charge < -0.3 is 14.1 Å². The Kier molecular flexibility index (Phi) is 6.12. The number of aromatic nitrogens is 3. The molecule has 0 spiro atoms. The van der Waals surface area contributed by atoms with Gasteiger partial charge in [-0.3, -0.25) is 9.59 Å². The van der Waals surface area contributed by atoms with E-state index >= 15 is 0 Å². The van der Waals surface area contributed by atoms with Gasteiger partial charge in [0.25, 0.3) is 5.56 Å². The number of carbonyl (C=O) groups is 1. The molecular weight excluding hydrogens is 432 g/mol. The standard InChI is InChI=1S/C26H26N4O4/c1-33-23-12-5-3-8-18(23)14-20-16-27-25(34-20)22-11-6-7-13-29(22)24(31)17-30-26(32)21-10-4-2-9-19(21)15-28-30/h2-5,8-10,12,15-16,22H,6-7,11,13-14,17H2,1H3/t22-/m0/s1. The molecule has 4 aromatic rings. The topological polar surface area (TPSA) is 90.5 Å². The van der Waals surface area contributed by atoms with E-state index in [1.165, 1.54) is 4.68 Å². The first-order chi connectivity index (χ1) is 16.6. The number of piperidine rings is 1. The van der Waals surface area contributed by atoms with Gasteiger partial charge in [0.05, 0.1) is 24.9 Å². The summed E-state index contributed by atoms with van der Waals surface area (Å²) >= 11 is 0. The first-order valence-corrected chi connectivity index (χ1v) is 11.4. The van der Waals surface area contributed by atoms with E-state index in [-0.39, 0.29) is 24.1 Å². The monoisotopic (exact) mass is 458 g/mol. The summed E-state index contributed by atoms with van der Waals surface area (Å²) in [6, 6.07) is 14.8. The average Bonchev–Trinajstić information content (AvgIpc) is 3.34. The molecule has 8 nitrogen and oxygen atoms in total. The number of methoxy groups -OCH3 is 1. The van der Waals surface area contributed by atoms with Crippen LogP contribution in [0, 0.1) is 0 Å². The molecule has 1 amide bonds. The SMILES string of the molecule is COc1ccccc1Cc1cnc([C@@H]2CCCCN2C(=O)Cn2ncc3ccccc3c2=O)o1. The van der Waals surface area contributed by atoms with Gasteiger partial charge in [0.15, 0.2) is 0 Å². The molecule has 0 N–H and O–H groups in total. The zero-order valence-electron chi connectivity index (χ0n) is 19.0. The summed E-state index contributed by atoms with van der Waals surface area (Å²) in [4.78, 5) is 32.4. The van der Waals surface area contributed by atoms with E-state index in [1.807, 2.05) is 42.5 Å². The lowest BCUT2D eigenvalue weighted by atomic mass is 10.0. The van der Waals surface area contributed by atoms with Crippen LogP contribution in [0.5, 0.6) is 5.75 Å². The lowest BCUT2D eigenvalue weighted by Gasteiger charge is -2.33. The zero-order chi connectivity index (χ0) is 23.5. The number of rotatable bonds is 6. The van der Waals surface area contributed by atoms with E-state index < -0.39 is 0 Å². The summed E-state index contributed by atoms with van der Waals surface area (Å²) in [5.74, 6) is 1.86. The van der Waals surface area contributed by atoms with Crippen LogP contribution >= 0.6 is 0 Å². The van der Waals surface area contributed by atoms with E-state index in [0.29, 0.717) is 30.0 Å². The fraction of sp³-hybridized carbons (Fsp3) is 0.308. The Balaban J connectivity index is 1.35. The highest BCUT2D eigenvalue weighted by Crippen LogP contribution is 2.31. The summed E-state index contributed by atoms with van der Waals surface area (Å²) in [5, 5.41) is 5.52. The molecule has 34 heavy (non-hydrogen) atoms. The third-order valence-electron chi connectivity index (χ3n) is 6.28. The molecule has 1 aliphatic rings. The molecule has 2 aromatic carbocycles. The van der Waals surface area contributed by atoms with Gasteiger partial charge in [-0.1, -0.05) is 36.4 Å². The van der Waals surface area contributed by atoms with Gasteiger partial charge in [0, 0.05) is 23.9 Å². The van der Waals surface area contributed by atoms with Crippen LogP contribution in [0.2, 0.25) is 0 Å². The van der Waals surface area contributed by atoms with E-state index in [0.717, 1.165) is 36.0 Å². The first kappa shape index (κ1) is 21.9. The van der Waals surface area contributed by atoms with Gasteiger partial charge in [-0.2, -0.15) is 5.10 Å². The molecule has 0 unspecified atom stereocenters. The van der Waals surface area contributed by atoms with Gasteiger partial charge in [-0.15, -0.1) is 0 Å². The second-order valence-electron chi connectivity index (χ2n) is 8.45. The Morgan fingerprint density at radius 2 is 1.94 bits per heavy atom. The summed E-state index contributed by atoms with van der Waals surface area (Å²) in [6.45, 7) is 0.477. The highest BCUT2D eigenvalue weighted by atomic mass is 16.5. The molecule has 3 heterocycles. The van der Waals surface area contributed by atoms with Crippen molar-refractivity contribution in [2.45, 2.75) is 38.3 Å². The van der Waals surface area contributed by atoms with Gasteiger partial charge >= 0.3 is 0 Å². The Bertz CT molecular complexity index is 1380. The van der Waals surface area contributed by atoms with E-state index in [9.17, 15) is 9.59 Å². The Labute approximate surface area is 196 Å². The van der Waals surface area contributed by atoms with Crippen molar-refractivity contribution in [2.75, 3.05) is 13.7 Å². The fourth-order valence-electron chi connectivity index (χ4n) is 4.54. The zero-order valence-corrected chi connectivity index (χ0v) is 19.0. The third kappa shape index (κ3) is 4.31. The minimum Gasteiger partial charge on any atom is -0.496 e. The van der Waals surface area contributed by atoms with Crippen LogP contribution in [0.4, 0.5) is 0 Å². The summed E-state index contributed by atoms with van der Waals surface area (Å²) in [7, 11) is 1.64. The molecule has 0 radical (unpaired) electrons. The molecule has 1 atom stereocenters. The van der Waals surface area contributed by atoms with Crippen LogP contribution < -0.4 is 10.3 Å². The minimum atomic E-state index is -0.268. The van der Waals surface area contributed by atoms with Crippen LogP contribution in [-0.4, -0.2) is 39.2 Å². The van der Waals surface area contributed by atoms with Crippen molar-refractivity contribution in [3.05, 3.63) is 88.5 Å². The molecule has 5 rings (SSSR count). The molecule has 1 saturated heterocycles. The molecule has 0 aliphatic carbocycles. The number of hydrogen-bond donors (Lipinski definition) is 0. The van der Waals surface area contributed by atoms with E-state index in [4.69, 9.17) is 9.15 Å². The number of oxazole rings is 1. The Morgan fingerprint density at radius 3 is 2.82 bits per heavy atom. The van der Waals surface area contributed by atoms with Crippen molar-refractivity contribution >= 4 is 16.7 Å². The molecule has 174 valence electrons. The Morgan fingerprint density at radius 1 is 1.12 bits per heavy atom. The number of para-hydroxylation sites is 1. The van der Waals surface area contributed by atoms with Crippen LogP contribution in [0.1, 0.15) is 42.5 Å². The predicted molar refractivity (Wildman–Crippen MR) is 127 cm³/mol.